The second-order valence-electron chi connectivity index (χ2n) is 6.32. The first kappa shape index (κ1) is 22.2. The Bertz CT molecular complexity index is 596. The van der Waals surface area contributed by atoms with Crippen molar-refractivity contribution in [3.8, 4) is 0 Å². The number of hydrogen-bond donors (Lipinski definition) is 2. The molecule has 0 bridgehead atoms. The van der Waals surface area contributed by atoms with E-state index in [0.717, 1.165) is 22.5 Å². The minimum absolute atomic E-state index is 0. The lowest BCUT2D eigenvalue weighted by atomic mass is 10.2. The van der Waals surface area contributed by atoms with Crippen molar-refractivity contribution in [1.29, 1.82) is 0 Å². The summed E-state index contributed by atoms with van der Waals surface area (Å²) in [5.74, 6) is 1.63. The van der Waals surface area contributed by atoms with Gasteiger partial charge >= 0.3 is 0 Å². The fraction of sp³-hybridized carbons (Fsp3) is 0.556. The molecule has 1 fully saturated rings. The van der Waals surface area contributed by atoms with Crippen molar-refractivity contribution in [3.63, 3.8) is 0 Å². The summed E-state index contributed by atoms with van der Waals surface area (Å²) in [5, 5.41) is 6.63. The molecule has 1 saturated carbocycles. The molecule has 1 aromatic carbocycles. The van der Waals surface area contributed by atoms with Crippen molar-refractivity contribution in [2.45, 2.75) is 39.3 Å². The fourth-order valence-corrected chi connectivity index (χ4v) is 2.85. The Labute approximate surface area is 176 Å². The van der Waals surface area contributed by atoms with Crippen LogP contribution < -0.4 is 10.6 Å². The number of carbonyl (C=O) groups is 1. The highest BCUT2D eigenvalue weighted by Gasteiger charge is 2.33. The van der Waals surface area contributed by atoms with Gasteiger partial charge in [-0.25, -0.2) is 0 Å². The van der Waals surface area contributed by atoms with Gasteiger partial charge in [0.05, 0.1) is 6.54 Å². The minimum atomic E-state index is 0. The van der Waals surface area contributed by atoms with E-state index in [1.807, 2.05) is 38.2 Å². The Balaban J connectivity index is 0.00000312. The van der Waals surface area contributed by atoms with Gasteiger partial charge in [0.15, 0.2) is 5.96 Å². The SMILES string of the molecule is CCNC(=NCCC(=O)N(C)Cc1ccccc1Br)NC1CC1C.I. The fourth-order valence-electron chi connectivity index (χ4n) is 2.44. The summed E-state index contributed by atoms with van der Waals surface area (Å²) in [5.41, 5.74) is 1.11. The maximum Gasteiger partial charge on any atom is 0.224 e. The zero-order chi connectivity index (χ0) is 17.5. The summed E-state index contributed by atoms with van der Waals surface area (Å²) >= 11 is 3.52. The minimum Gasteiger partial charge on any atom is -0.357 e. The van der Waals surface area contributed by atoms with Gasteiger partial charge in [-0.3, -0.25) is 9.79 Å². The summed E-state index contributed by atoms with van der Waals surface area (Å²) in [6.45, 7) is 6.19. The quantitative estimate of drug-likeness (QED) is 0.328. The average molecular weight is 523 g/mol. The smallest absolute Gasteiger partial charge is 0.224 e. The maximum absolute atomic E-state index is 12.3. The number of guanidine groups is 1. The number of rotatable bonds is 7. The van der Waals surface area contributed by atoms with E-state index in [4.69, 9.17) is 0 Å². The van der Waals surface area contributed by atoms with Crippen molar-refractivity contribution in [2.24, 2.45) is 10.9 Å². The normalized spacial score (nSPS) is 19.0. The molecular weight excluding hydrogens is 495 g/mol. The average Bonchev–Trinajstić information content (AvgIpc) is 3.24. The third-order valence-corrected chi connectivity index (χ3v) is 4.94. The van der Waals surface area contributed by atoms with E-state index in [1.165, 1.54) is 6.42 Å². The molecule has 0 aromatic heterocycles. The largest absolute Gasteiger partial charge is 0.357 e. The number of benzene rings is 1. The molecule has 25 heavy (non-hydrogen) atoms. The molecule has 0 spiro atoms. The monoisotopic (exact) mass is 522 g/mol. The Morgan fingerprint density at radius 1 is 1.40 bits per heavy atom. The van der Waals surface area contributed by atoms with Gasteiger partial charge in [0.25, 0.3) is 0 Å². The van der Waals surface area contributed by atoms with Crippen LogP contribution in [0.2, 0.25) is 0 Å². The lowest BCUT2D eigenvalue weighted by molar-refractivity contribution is -0.130. The van der Waals surface area contributed by atoms with Gasteiger partial charge in [0.2, 0.25) is 5.91 Å². The lowest BCUT2D eigenvalue weighted by Crippen LogP contribution is -2.39. The predicted octanol–water partition coefficient (Wildman–Crippen LogP) is 3.38. The van der Waals surface area contributed by atoms with Crippen LogP contribution >= 0.6 is 39.9 Å². The van der Waals surface area contributed by atoms with Crippen LogP contribution in [0.4, 0.5) is 0 Å². The van der Waals surface area contributed by atoms with Gasteiger partial charge in [-0.15, -0.1) is 24.0 Å². The first-order valence-electron chi connectivity index (χ1n) is 8.53. The molecule has 0 aliphatic heterocycles. The van der Waals surface area contributed by atoms with E-state index in [1.54, 1.807) is 4.90 Å². The van der Waals surface area contributed by atoms with Crippen LogP contribution in [0.5, 0.6) is 0 Å². The zero-order valence-electron chi connectivity index (χ0n) is 15.1. The first-order valence-corrected chi connectivity index (χ1v) is 9.32. The van der Waals surface area contributed by atoms with E-state index in [9.17, 15) is 4.79 Å². The highest BCUT2D eigenvalue weighted by atomic mass is 127. The molecule has 5 nitrogen and oxygen atoms in total. The molecule has 0 heterocycles. The van der Waals surface area contributed by atoms with Crippen molar-refractivity contribution in [3.05, 3.63) is 34.3 Å². The van der Waals surface area contributed by atoms with Crippen LogP contribution in [-0.4, -0.2) is 42.9 Å². The molecule has 0 radical (unpaired) electrons. The predicted molar refractivity (Wildman–Crippen MR) is 117 cm³/mol. The van der Waals surface area contributed by atoms with Crippen molar-refractivity contribution >= 4 is 51.8 Å². The Kier molecular flexibility index (Phi) is 9.78. The Morgan fingerprint density at radius 2 is 2.08 bits per heavy atom. The van der Waals surface area contributed by atoms with E-state index in [2.05, 4.69) is 38.5 Å². The van der Waals surface area contributed by atoms with Crippen LogP contribution in [0.15, 0.2) is 33.7 Å². The zero-order valence-corrected chi connectivity index (χ0v) is 19.0. The molecule has 1 aromatic rings. The number of hydrogen-bond acceptors (Lipinski definition) is 2. The van der Waals surface area contributed by atoms with Gasteiger partial charge in [0, 0.05) is 37.1 Å². The van der Waals surface area contributed by atoms with Gasteiger partial charge in [-0.1, -0.05) is 41.1 Å². The number of halogens is 2. The number of amides is 1. The molecule has 1 aliphatic rings. The molecule has 2 rings (SSSR count). The second-order valence-corrected chi connectivity index (χ2v) is 7.17. The van der Waals surface area contributed by atoms with Gasteiger partial charge in [0.1, 0.15) is 0 Å². The maximum atomic E-state index is 12.3. The summed E-state index contributed by atoms with van der Waals surface area (Å²) in [6.07, 6.45) is 1.61. The van der Waals surface area contributed by atoms with Crippen LogP contribution in [0.1, 0.15) is 32.3 Å². The number of aliphatic imine (C=N–C) groups is 1. The van der Waals surface area contributed by atoms with Crippen LogP contribution in [0.3, 0.4) is 0 Å². The van der Waals surface area contributed by atoms with Crippen molar-refractivity contribution in [2.75, 3.05) is 20.1 Å². The third kappa shape index (κ3) is 7.52. The summed E-state index contributed by atoms with van der Waals surface area (Å²) in [4.78, 5) is 18.5. The molecule has 1 amide bonds. The lowest BCUT2D eigenvalue weighted by Gasteiger charge is -2.18. The second kappa shape index (κ2) is 11.0. The molecule has 7 heteroatoms. The molecule has 0 saturated heterocycles. The molecule has 2 N–H and O–H groups in total. The summed E-state index contributed by atoms with van der Waals surface area (Å²) in [6, 6.07) is 8.49. The molecule has 1 aliphatic carbocycles. The van der Waals surface area contributed by atoms with Gasteiger partial charge < -0.3 is 15.5 Å². The molecule has 2 atom stereocenters. The Morgan fingerprint density at radius 3 is 2.68 bits per heavy atom. The van der Waals surface area contributed by atoms with Crippen molar-refractivity contribution in [1.82, 2.24) is 15.5 Å². The molecular formula is C18H28BrIN4O. The van der Waals surface area contributed by atoms with E-state index in [-0.39, 0.29) is 29.9 Å². The van der Waals surface area contributed by atoms with Gasteiger partial charge in [-0.05, 0) is 30.9 Å². The topological polar surface area (TPSA) is 56.7 Å². The summed E-state index contributed by atoms with van der Waals surface area (Å²) in [7, 11) is 1.83. The number of carbonyl (C=O) groups excluding carboxylic acids is 1. The van der Waals surface area contributed by atoms with E-state index >= 15 is 0 Å². The molecule has 140 valence electrons. The van der Waals surface area contributed by atoms with E-state index < -0.39 is 0 Å². The van der Waals surface area contributed by atoms with Gasteiger partial charge in [-0.2, -0.15) is 0 Å². The summed E-state index contributed by atoms with van der Waals surface area (Å²) < 4.78 is 1.03. The molecule has 2 unspecified atom stereocenters. The number of nitrogens with zero attached hydrogens (tertiary/aromatic N) is 2. The standard InChI is InChI=1S/C18H27BrN4O.HI/c1-4-20-18(22-16-11-13(16)2)21-10-9-17(24)23(3)12-14-7-5-6-8-15(14)19;/h5-8,13,16H,4,9-12H2,1-3H3,(H2,20,21,22);1H. The van der Waals surface area contributed by atoms with E-state index in [0.29, 0.717) is 31.5 Å². The highest BCUT2D eigenvalue weighted by molar-refractivity contribution is 14.0. The number of nitrogens with one attached hydrogen (secondary N) is 2. The highest BCUT2D eigenvalue weighted by Crippen LogP contribution is 2.28. The Hall–Kier alpha value is -0.830. The van der Waals surface area contributed by atoms with Crippen LogP contribution in [0.25, 0.3) is 0 Å². The third-order valence-electron chi connectivity index (χ3n) is 4.16. The van der Waals surface area contributed by atoms with Crippen molar-refractivity contribution < 1.29 is 4.79 Å². The first-order chi connectivity index (χ1) is 11.5. The van der Waals surface area contributed by atoms with Crippen LogP contribution in [0, 0.1) is 5.92 Å². The van der Waals surface area contributed by atoms with Crippen LogP contribution in [-0.2, 0) is 11.3 Å².